The highest BCUT2D eigenvalue weighted by molar-refractivity contribution is 7.99. The van der Waals surface area contributed by atoms with Crippen LogP contribution >= 0.6 is 11.8 Å². The molecule has 2 amide bonds. The van der Waals surface area contributed by atoms with E-state index in [-0.39, 0.29) is 30.8 Å². The number of carboxylic acid groups (broad SMARTS) is 1. The minimum absolute atomic E-state index is 0.0946. The summed E-state index contributed by atoms with van der Waals surface area (Å²) in [7, 11) is 0. The van der Waals surface area contributed by atoms with Gasteiger partial charge >= 0.3 is 12.1 Å². The van der Waals surface area contributed by atoms with Crippen molar-refractivity contribution in [2.45, 2.75) is 37.6 Å². The van der Waals surface area contributed by atoms with E-state index in [1.54, 1.807) is 6.92 Å². The molecule has 1 aliphatic carbocycles. The van der Waals surface area contributed by atoms with Gasteiger partial charge in [-0.3, -0.25) is 4.79 Å². The smallest absolute Gasteiger partial charge is 0.407 e. The van der Waals surface area contributed by atoms with Gasteiger partial charge in [0.25, 0.3) is 0 Å². The fraction of sp³-hybridized carbons (Fsp3) is 0.300. The molecule has 1 heterocycles. The second-order valence-electron chi connectivity index (χ2n) is 9.61. The number of carbonyl (C=O) groups is 3. The normalized spacial score (nSPS) is 17.7. The Morgan fingerprint density at radius 2 is 1.59 bits per heavy atom. The van der Waals surface area contributed by atoms with E-state index in [9.17, 15) is 19.5 Å². The van der Waals surface area contributed by atoms with Crippen LogP contribution in [0, 0.1) is 0 Å². The quantitative estimate of drug-likeness (QED) is 0.408. The summed E-state index contributed by atoms with van der Waals surface area (Å²) in [6, 6.07) is 23.5. The molecule has 1 aliphatic heterocycles. The van der Waals surface area contributed by atoms with E-state index in [0.717, 1.165) is 27.8 Å². The molecule has 9 heteroatoms. The van der Waals surface area contributed by atoms with Crippen LogP contribution in [0.1, 0.15) is 29.5 Å². The number of aliphatic carboxylic acids is 1. The topological polar surface area (TPSA) is 105 Å². The van der Waals surface area contributed by atoms with Crippen LogP contribution in [0.2, 0.25) is 0 Å². The number of hydrogen-bond donors (Lipinski definition) is 2. The van der Waals surface area contributed by atoms with Crippen LogP contribution in [-0.2, 0) is 25.7 Å². The monoisotopic (exact) mass is 546 g/mol. The van der Waals surface area contributed by atoms with E-state index in [1.165, 1.54) is 16.7 Å². The molecule has 39 heavy (non-hydrogen) atoms. The van der Waals surface area contributed by atoms with E-state index in [0.29, 0.717) is 0 Å². The van der Waals surface area contributed by atoms with E-state index in [2.05, 4.69) is 17.4 Å². The molecular weight excluding hydrogens is 516 g/mol. The molecule has 5 rings (SSSR count). The fourth-order valence-electron chi connectivity index (χ4n) is 5.09. The fourth-order valence-corrected chi connectivity index (χ4v) is 6.24. The molecule has 0 spiro atoms. The molecule has 3 aromatic rings. The lowest BCUT2D eigenvalue weighted by Crippen LogP contribution is -2.56. The highest BCUT2D eigenvalue weighted by Gasteiger charge is 2.40. The summed E-state index contributed by atoms with van der Waals surface area (Å²) >= 11 is 1.36. The van der Waals surface area contributed by atoms with Crippen molar-refractivity contribution < 1.29 is 29.0 Å². The predicted octanol–water partition coefficient (Wildman–Crippen LogP) is 4.49. The summed E-state index contributed by atoms with van der Waals surface area (Å²) in [4.78, 5) is 39.6. The number of rotatable bonds is 9. The van der Waals surface area contributed by atoms with E-state index >= 15 is 0 Å². The van der Waals surface area contributed by atoms with Crippen LogP contribution < -0.4 is 5.32 Å². The van der Waals surface area contributed by atoms with Crippen LogP contribution in [0.3, 0.4) is 0 Å². The minimum atomic E-state index is -1.12. The van der Waals surface area contributed by atoms with E-state index in [4.69, 9.17) is 9.47 Å². The molecule has 3 atom stereocenters. The number of thioether (sulfide) groups is 1. The second kappa shape index (κ2) is 11.9. The van der Waals surface area contributed by atoms with Gasteiger partial charge in [-0.05, 0) is 34.7 Å². The molecule has 0 bridgehead atoms. The van der Waals surface area contributed by atoms with Gasteiger partial charge in [-0.15, -0.1) is 11.8 Å². The third kappa shape index (κ3) is 5.79. The maximum absolute atomic E-state index is 13.5. The third-order valence-electron chi connectivity index (χ3n) is 7.16. The zero-order chi connectivity index (χ0) is 27.4. The van der Waals surface area contributed by atoms with Gasteiger partial charge in [0.15, 0.2) is 0 Å². The minimum Gasteiger partial charge on any atom is -0.480 e. The van der Waals surface area contributed by atoms with Gasteiger partial charge in [-0.1, -0.05) is 78.9 Å². The summed E-state index contributed by atoms with van der Waals surface area (Å²) in [5.41, 5.74) is 5.31. The maximum Gasteiger partial charge on any atom is 0.407 e. The van der Waals surface area contributed by atoms with Crippen molar-refractivity contribution in [2.24, 2.45) is 0 Å². The highest BCUT2D eigenvalue weighted by atomic mass is 32.2. The van der Waals surface area contributed by atoms with E-state index < -0.39 is 36.2 Å². The average Bonchev–Trinajstić information content (AvgIpc) is 3.57. The van der Waals surface area contributed by atoms with Crippen molar-refractivity contribution in [2.75, 3.05) is 18.2 Å². The SMILES string of the molecule is CC(OCc1ccccc1)C(NC(=O)OCC1c2ccccc2-c2ccccc21)C(=O)N1CSC[C@H]1C(=O)O. The summed E-state index contributed by atoms with van der Waals surface area (Å²) in [6.45, 7) is 2.01. The number of carbonyl (C=O) groups excluding carboxylic acids is 2. The number of nitrogens with one attached hydrogen (secondary N) is 1. The molecule has 2 N–H and O–H groups in total. The van der Waals surface area contributed by atoms with Crippen LogP contribution in [0.5, 0.6) is 0 Å². The Morgan fingerprint density at radius 3 is 2.23 bits per heavy atom. The number of benzene rings is 3. The average molecular weight is 547 g/mol. The zero-order valence-corrected chi connectivity index (χ0v) is 22.3. The molecule has 1 fully saturated rings. The number of alkyl carbamates (subject to hydrolysis) is 1. The second-order valence-corrected chi connectivity index (χ2v) is 10.6. The molecule has 3 aromatic carbocycles. The van der Waals surface area contributed by atoms with Crippen molar-refractivity contribution in [1.82, 2.24) is 10.2 Å². The van der Waals surface area contributed by atoms with E-state index in [1.807, 2.05) is 66.7 Å². The Hall–Kier alpha value is -3.82. The van der Waals surface area contributed by atoms with Gasteiger partial charge in [-0.2, -0.15) is 0 Å². The van der Waals surface area contributed by atoms with Crippen molar-refractivity contribution in [3.05, 3.63) is 95.6 Å². The first kappa shape index (κ1) is 26.8. The van der Waals surface area contributed by atoms with Crippen LogP contribution in [0.15, 0.2) is 78.9 Å². The van der Waals surface area contributed by atoms with Crippen LogP contribution in [0.4, 0.5) is 4.79 Å². The van der Waals surface area contributed by atoms with Gasteiger partial charge in [0.2, 0.25) is 5.91 Å². The van der Waals surface area contributed by atoms with Gasteiger partial charge < -0.3 is 24.8 Å². The largest absolute Gasteiger partial charge is 0.480 e. The Labute approximate surface area is 231 Å². The van der Waals surface area contributed by atoms with Crippen LogP contribution in [0.25, 0.3) is 11.1 Å². The number of ether oxygens (including phenoxy) is 2. The summed E-state index contributed by atoms with van der Waals surface area (Å²) in [6.07, 6.45) is -1.50. The molecular formula is C30H30N2O6S. The molecule has 2 unspecified atom stereocenters. The molecule has 202 valence electrons. The molecule has 2 aliphatic rings. The zero-order valence-electron chi connectivity index (χ0n) is 21.5. The highest BCUT2D eigenvalue weighted by Crippen LogP contribution is 2.44. The summed E-state index contributed by atoms with van der Waals surface area (Å²) < 4.78 is 11.6. The number of nitrogens with zero attached hydrogens (tertiary/aromatic N) is 1. The van der Waals surface area contributed by atoms with Gasteiger partial charge in [0, 0.05) is 11.7 Å². The Balaban J connectivity index is 1.29. The van der Waals surface area contributed by atoms with Crippen molar-refractivity contribution in [3.8, 4) is 11.1 Å². The lowest BCUT2D eigenvalue weighted by atomic mass is 9.98. The van der Waals surface area contributed by atoms with Gasteiger partial charge in [-0.25, -0.2) is 9.59 Å². The number of fused-ring (bicyclic) bond motifs is 3. The number of amides is 2. The van der Waals surface area contributed by atoms with Crippen LogP contribution in [-0.4, -0.2) is 64.4 Å². The molecule has 0 aromatic heterocycles. The van der Waals surface area contributed by atoms with Crippen molar-refractivity contribution >= 4 is 29.7 Å². The Morgan fingerprint density at radius 1 is 0.974 bits per heavy atom. The first-order valence-electron chi connectivity index (χ1n) is 12.8. The Bertz CT molecular complexity index is 1300. The lowest BCUT2D eigenvalue weighted by molar-refractivity contribution is -0.150. The Kier molecular flexibility index (Phi) is 8.18. The molecule has 0 radical (unpaired) electrons. The van der Waals surface area contributed by atoms with Crippen molar-refractivity contribution in [3.63, 3.8) is 0 Å². The van der Waals surface area contributed by atoms with Gasteiger partial charge in [0.05, 0.1) is 18.6 Å². The van der Waals surface area contributed by atoms with Crippen molar-refractivity contribution in [1.29, 1.82) is 0 Å². The summed E-state index contributed by atoms with van der Waals surface area (Å²) in [5.74, 6) is -1.20. The van der Waals surface area contributed by atoms with Gasteiger partial charge in [0.1, 0.15) is 18.7 Å². The predicted molar refractivity (Wildman–Crippen MR) is 148 cm³/mol. The molecule has 8 nitrogen and oxygen atoms in total. The number of carboxylic acids is 1. The first-order chi connectivity index (χ1) is 18.9. The number of hydrogen-bond acceptors (Lipinski definition) is 6. The first-order valence-corrected chi connectivity index (χ1v) is 14.0. The lowest BCUT2D eigenvalue weighted by Gasteiger charge is -2.30. The maximum atomic E-state index is 13.5. The third-order valence-corrected chi connectivity index (χ3v) is 8.17. The molecule has 0 saturated carbocycles. The summed E-state index contributed by atoms with van der Waals surface area (Å²) in [5, 5.41) is 12.3. The molecule has 1 saturated heterocycles. The standard InChI is InChI=1S/C30H30N2O6S/c1-19(37-15-20-9-3-2-4-10-20)27(28(33)32-18-39-17-26(32)29(34)35)31-30(36)38-16-25-23-13-7-5-11-21(23)22-12-6-8-14-24(22)25/h2-14,19,25-27H,15-18H2,1H3,(H,31,36)(H,34,35)/t19?,26-,27?/m0/s1.